The van der Waals surface area contributed by atoms with Crippen molar-refractivity contribution in [3.63, 3.8) is 0 Å². The van der Waals surface area contributed by atoms with Crippen molar-refractivity contribution in [2.24, 2.45) is 22.4 Å². The summed E-state index contributed by atoms with van der Waals surface area (Å²) in [6.07, 6.45) is 3.89. The maximum atomic E-state index is 14.8. The molecule has 0 saturated heterocycles. The van der Waals surface area contributed by atoms with E-state index in [1.807, 2.05) is 13.0 Å². The molecule has 2 N–H and O–H groups in total. The van der Waals surface area contributed by atoms with Crippen molar-refractivity contribution < 1.29 is 26.1 Å². The zero-order valence-electron chi connectivity index (χ0n) is 16.2. The van der Waals surface area contributed by atoms with Gasteiger partial charge >= 0.3 is 10.3 Å². The van der Waals surface area contributed by atoms with Crippen LogP contribution >= 0.6 is 0 Å². The second-order valence-corrected chi connectivity index (χ2v) is 9.64. The summed E-state index contributed by atoms with van der Waals surface area (Å²) in [6.45, 7) is 1.91. The third kappa shape index (κ3) is 2.91. The van der Waals surface area contributed by atoms with E-state index in [1.165, 1.54) is 7.11 Å². The molecule has 4 rings (SSSR count). The van der Waals surface area contributed by atoms with Gasteiger partial charge in [-0.1, -0.05) is 6.92 Å². The second kappa shape index (κ2) is 6.55. The Morgan fingerprint density at radius 2 is 1.93 bits per heavy atom. The fourth-order valence-electron chi connectivity index (χ4n) is 6.37. The Balaban J connectivity index is 1.71. The molecule has 1 aromatic rings. The molecule has 3 aliphatic rings. The lowest BCUT2D eigenvalue weighted by Crippen LogP contribution is -2.48. The zero-order valence-corrected chi connectivity index (χ0v) is 17.0. The van der Waals surface area contributed by atoms with Crippen LogP contribution in [-0.4, -0.2) is 21.5 Å². The smallest absolute Gasteiger partial charge is 0.380 e. The van der Waals surface area contributed by atoms with Crippen molar-refractivity contribution in [3.05, 3.63) is 23.3 Å². The maximum Gasteiger partial charge on any atom is 0.380 e. The minimum Gasteiger partial charge on any atom is -0.493 e. The number of halogens is 2. The Bertz CT molecular complexity index is 888. The molecular formula is C20H27F2NO4S. The Kier molecular flexibility index (Phi) is 4.65. The molecule has 2 fully saturated rings. The minimum absolute atomic E-state index is 0.00789. The number of hydrogen-bond donors (Lipinski definition) is 1. The molecule has 3 unspecified atom stereocenters. The normalized spacial score (nSPS) is 33.5. The molecule has 0 radical (unpaired) electrons. The summed E-state index contributed by atoms with van der Waals surface area (Å²) in [7, 11) is -2.72. The van der Waals surface area contributed by atoms with Gasteiger partial charge in [0.15, 0.2) is 11.5 Å². The highest BCUT2D eigenvalue weighted by Crippen LogP contribution is 2.67. The van der Waals surface area contributed by atoms with Gasteiger partial charge in [0, 0.05) is 11.8 Å². The number of alkyl halides is 2. The summed E-state index contributed by atoms with van der Waals surface area (Å²) in [4.78, 5) is 0. The second-order valence-electron chi connectivity index (χ2n) is 8.49. The highest BCUT2D eigenvalue weighted by molar-refractivity contribution is 7.84. The van der Waals surface area contributed by atoms with Gasteiger partial charge in [0.2, 0.25) is 0 Å². The first-order valence-electron chi connectivity index (χ1n) is 9.92. The zero-order chi connectivity index (χ0) is 20.3. The number of hydrogen-bond acceptors (Lipinski definition) is 4. The lowest BCUT2D eigenvalue weighted by atomic mass is 9.54. The fraction of sp³-hybridized carbons (Fsp3) is 0.700. The molecule has 156 valence electrons. The van der Waals surface area contributed by atoms with Crippen molar-refractivity contribution >= 4 is 10.3 Å². The molecule has 4 atom stereocenters. The molecule has 0 aromatic heterocycles. The first-order chi connectivity index (χ1) is 13.1. The molecule has 8 heteroatoms. The summed E-state index contributed by atoms with van der Waals surface area (Å²) in [5.74, 6) is -1.75. The molecule has 3 aliphatic carbocycles. The van der Waals surface area contributed by atoms with Crippen LogP contribution in [0.2, 0.25) is 0 Å². The molecule has 0 heterocycles. The Labute approximate surface area is 164 Å². The maximum absolute atomic E-state index is 14.8. The number of benzene rings is 1. The summed E-state index contributed by atoms with van der Waals surface area (Å²) in [6, 6.07) is 3.50. The lowest BCUT2D eigenvalue weighted by Gasteiger charge is -2.51. The van der Waals surface area contributed by atoms with E-state index in [0.717, 1.165) is 24.0 Å². The van der Waals surface area contributed by atoms with E-state index in [4.69, 9.17) is 14.1 Å². The van der Waals surface area contributed by atoms with Crippen molar-refractivity contribution in [2.75, 3.05) is 7.11 Å². The van der Waals surface area contributed by atoms with Crippen LogP contribution < -0.4 is 14.1 Å². The molecule has 0 bridgehead atoms. The largest absolute Gasteiger partial charge is 0.493 e. The van der Waals surface area contributed by atoms with Crippen molar-refractivity contribution in [2.45, 2.75) is 63.7 Å². The van der Waals surface area contributed by atoms with Crippen LogP contribution in [0.25, 0.3) is 0 Å². The Hall–Kier alpha value is -1.41. The molecule has 2 saturated carbocycles. The predicted molar refractivity (Wildman–Crippen MR) is 101 cm³/mol. The van der Waals surface area contributed by atoms with Crippen LogP contribution in [0.1, 0.15) is 62.5 Å². The molecule has 0 aliphatic heterocycles. The van der Waals surface area contributed by atoms with E-state index in [2.05, 4.69) is 0 Å². The molecular weight excluding hydrogens is 388 g/mol. The lowest BCUT2D eigenvalue weighted by molar-refractivity contribution is -0.145. The topological polar surface area (TPSA) is 78.6 Å². The third-order valence-corrected chi connectivity index (χ3v) is 7.96. The van der Waals surface area contributed by atoms with E-state index in [9.17, 15) is 17.2 Å². The fourth-order valence-corrected chi connectivity index (χ4v) is 6.75. The van der Waals surface area contributed by atoms with Gasteiger partial charge in [0.05, 0.1) is 7.11 Å². The van der Waals surface area contributed by atoms with Gasteiger partial charge in [-0.25, -0.2) is 8.78 Å². The first kappa shape index (κ1) is 19.9. The highest BCUT2D eigenvalue weighted by Gasteiger charge is 2.65. The van der Waals surface area contributed by atoms with Gasteiger partial charge in [-0.15, -0.1) is 0 Å². The van der Waals surface area contributed by atoms with Gasteiger partial charge in [0.25, 0.3) is 5.92 Å². The van der Waals surface area contributed by atoms with Gasteiger partial charge in [-0.3, -0.25) is 0 Å². The summed E-state index contributed by atoms with van der Waals surface area (Å²) < 4.78 is 62.5. The molecule has 1 aromatic carbocycles. The van der Waals surface area contributed by atoms with Gasteiger partial charge in [-0.2, -0.15) is 13.6 Å². The van der Waals surface area contributed by atoms with Gasteiger partial charge in [0.1, 0.15) is 0 Å². The molecule has 0 spiro atoms. The number of ether oxygens (including phenoxy) is 1. The van der Waals surface area contributed by atoms with E-state index >= 15 is 0 Å². The van der Waals surface area contributed by atoms with Crippen LogP contribution in [0, 0.1) is 17.3 Å². The standard InChI is InChI=1S/C20H27F2NO4S/c1-3-19-8-6-13-14(16(19)7-9-20(19,21)22)5-4-12-10-18(27-28(23,24)25)17(26-2)11-15(12)13/h10-11,13-14,16H,3-9H2,1-2H3,(H2,23,24,25)/t13?,14?,16?,19-/m0/s1. The van der Waals surface area contributed by atoms with E-state index in [1.54, 1.807) is 6.07 Å². The summed E-state index contributed by atoms with van der Waals surface area (Å²) in [5, 5.41) is 5.01. The summed E-state index contributed by atoms with van der Waals surface area (Å²) in [5.41, 5.74) is 1.20. The SMILES string of the molecule is CC[C@]12CCC3c4cc(OC)c(OS(N)(=O)=O)cc4CCC3C1CCC2(F)F. The highest BCUT2D eigenvalue weighted by atomic mass is 32.2. The third-order valence-electron chi connectivity index (χ3n) is 7.55. The number of aryl methyl sites for hydroxylation is 1. The number of nitrogens with two attached hydrogens (primary N) is 1. The van der Waals surface area contributed by atoms with E-state index in [0.29, 0.717) is 31.4 Å². The van der Waals surface area contributed by atoms with Crippen LogP contribution in [0.15, 0.2) is 12.1 Å². The van der Waals surface area contributed by atoms with Crippen molar-refractivity contribution in [3.8, 4) is 11.5 Å². The molecule has 5 nitrogen and oxygen atoms in total. The first-order valence-corrected chi connectivity index (χ1v) is 11.4. The van der Waals surface area contributed by atoms with Crippen LogP contribution in [-0.2, 0) is 16.7 Å². The van der Waals surface area contributed by atoms with Crippen LogP contribution in [0.4, 0.5) is 8.78 Å². The van der Waals surface area contributed by atoms with Crippen molar-refractivity contribution in [1.29, 1.82) is 0 Å². The van der Waals surface area contributed by atoms with Crippen LogP contribution in [0.5, 0.6) is 11.5 Å². The predicted octanol–water partition coefficient (Wildman–Crippen LogP) is 4.16. The van der Waals surface area contributed by atoms with Gasteiger partial charge < -0.3 is 8.92 Å². The Morgan fingerprint density at radius 1 is 1.18 bits per heavy atom. The number of rotatable bonds is 4. The monoisotopic (exact) mass is 415 g/mol. The number of fused-ring (bicyclic) bond motifs is 5. The summed E-state index contributed by atoms with van der Waals surface area (Å²) >= 11 is 0. The van der Waals surface area contributed by atoms with E-state index in [-0.39, 0.29) is 29.9 Å². The molecule has 0 amide bonds. The quantitative estimate of drug-likeness (QED) is 0.801. The van der Waals surface area contributed by atoms with E-state index < -0.39 is 21.6 Å². The minimum atomic E-state index is -4.16. The average molecular weight is 416 g/mol. The number of methoxy groups -OCH3 is 1. The Morgan fingerprint density at radius 3 is 2.57 bits per heavy atom. The molecule has 28 heavy (non-hydrogen) atoms. The van der Waals surface area contributed by atoms with Crippen molar-refractivity contribution in [1.82, 2.24) is 0 Å². The van der Waals surface area contributed by atoms with Gasteiger partial charge in [-0.05, 0) is 79.5 Å². The average Bonchev–Trinajstić information content (AvgIpc) is 2.91. The van der Waals surface area contributed by atoms with Crippen LogP contribution in [0.3, 0.4) is 0 Å².